The largest absolute Gasteiger partial charge is 0.396 e. The molecule has 0 aliphatic rings. The fourth-order valence-electron chi connectivity index (χ4n) is 1.86. The lowest BCUT2D eigenvalue weighted by atomic mass is 9.89. The van der Waals surface area contributed by atoms with E-state index in [0.29, 0.717) is 13.0 Å². The van der Waals surface area contributed by atoms with Gasteiger partial charge in [-0.2, -0.15) is 0 Å². The van der Waals surface area contributed by atoms with Crippen molar-refractivity contribution in [3.8, 4) is 0 Å². The van der Waals surface area contributed by atoms with Gasteiger partial charge >= 0.3 is 0 Å². The number of rotatable bonds is 6. The Morgan fingerprint density at radius 1 is 1.33 bits per heavy atom. The predicted molar refractivity (Wildman–Crippen MR) is 73.6 cm³/mol. The summed E-state index contributed by atoms with van der Waals surface area (Å²) in [6.45, 7) is 6.84. The van der Waals surface area contributed by atoms with Crippen LogP contribution < -0.4 is 5.32 Å². The van der Waals surface area contributed by atoms with Crippen molar-refractivity contribution in [1.29, 1.82) is 0 Å². The molecule has 0 fully saturated rings. The Balaban J connectivity index is 2.66. The molecule has 0 heterocycles. The van der Waals surface area contributed by atoms with E-state index in [9.17, 15) is 4.79 Å². The number of nitrogens with one attached hydrogen (secondary N) is 1. The molecule has 2 N–H and O–H groups in total. The molecule has 3 heteroatoms. The zero-order chi connectivity index (χ0) is 13.6. The maximum Gasteiger partial charge on any atom is 0.251 e. The SMILES string of the molecule is CCc1ccccc1C(=O)NCC(C)(C)CCO. The molecule has 0 bridgehead atoms. The first-order valence-corrected chi connectivity index (χ1v) is 6.47. The number of carbonyl (C=O) groups is 1. The number of hydrogen-bond acceptors (Lipinski definition) is 2. The number of aliphatic hydroxyl groups is 1. The lowest BCUT2D eigenvalue weighted by molar-refractivity contribution is 0.0927. The van der Waals surface area contributed by atoms with E-state index in [1.165, 1.54) is 0 Å². The van der Waals surface area contributed by atoms with Crippen LogP contribution in [0.1, 0.15) is 43.1 Å². The Hall–Kier alpha value is -1.35. The lowest BCUT2D eigenvalue weighted by Gasteiger charge is -2.24. The molecule has 0 saturated heterocycles. The Labute approximate surface area is 109 Å². The zero-order valence-electron chi connectivity index (χ0n) is 11.5. The van der Waals surface area contributed by atoms with Crippen molar-refractivity contribution in [2.24, 2.45) is 5.41 Å². The molecule has 1 amide bonds. The summed E-state index contributed by atoms with van der Waals surface area (Å²) in [5.74, 6) is -0.0292. The van der Waals surface area contributed by atoms with Crippen LogP contribution in [0.3, 0.4) is 0 Å². The van der Waals surface area contributed by atoms with Crippen molar-refractivity contribution in [1.82, 2.24) is 5.32 Å². The second-order valence-electron chi connectivity index (χ2n) is 5.33. The molecule has 1 aromatic carbocycles. The molecule has 100 valence electrons. The third-order valence-corrected chi connectivity index (χ3v) is 3.16. The predicted octanol–water partition coefficient (Wildman–Crippen LogP) is 2.39. The van der Waals surface area contributed by atoms with Gasteiger partial charge in [0.1, 0.15) is 0 Å². The average Bonchev–Trinajstić information content (AvgIpc) is 2.36. The van der Waals surface area contributed by atoms with Crippen LogP contribution in [0.15, 0.2) is 24.3 Å². The van der Waals surface area contributed by atoms with Crippen molar-refractivity contribution in [2.45, 2.75) is 33.6 Å². The number of amides is 1. The molecule has 3 nitrogen and oxygen atoms in total. The van der Waals surface area contributed by atoms with Gasteiger partial charge in [0.25, 0.3) is 5.91 Å². The maximum absolute atomic E-state index is 12.1. The first-order valence-electron chi connectivity index (χ1n) is 6.47. The van der Waals surface area contributed by atoms with Gasteiger partial charge in [-0.25, -0.2) is 0 Å². The van der Waals surface area contributed by atoms with Crippen LogP contribution in [0, 0.1) is 5.41 Å². The highest BCUT2D eigenvalue weighted by Gasteiger charge is 2.19. The Morgan fingerprint density at radius 2 is 2.00 bits per heavy atom. The molecular formula is C15H23NO2. The van der Waals surface area contributed by atoms with Crippen molar-refractivity contribution >= 4 is 5.91 Å². The van der Waals surface area contributed by atoms with Crippen LogP contribution in [-0.4, -0.2) is 24.2 Å². The molecule has 0 saturated carbocycles. The van der Waals surface area contributed by atoms with Crippen LogP contribution in [0.5, 0.6) is 0 Å². The van der Waals surface area contributed by atoms with Crippen molar-refractivity contribution in [2.75, 3.05) is 13.2 Å². The normalized spacial score (nSPS) is 11.3. The summed E-state index contributed by atoms with van der Waals surface area (Å²) in [6, 6.07) is 7.67. The number of aliphatic hydroxyl groups excluding tert-OH is 1. The van der Waals surface area contributed by atoms with Crippen LogP contribution in [-0.2, 0) is 6.42 Å². The highest BCUT2D eigenvalue weighted by molar-refractivity contribution is 5.95. The van der Waals surface area contributed by atoms with E-state index in [0.717, 1.165) is 17.5 Å². The van der Waals surface area contributed by atoms with E-state index in [4.69, 9.17) is 5.11 Å². The Morgan fingerprint density at radius 3 is 2.61 bits per heavy atom. The van der Waals surface area contributed by atoms with Crippen LogP contribution in [0.2, 0.25) is 0 Å². The molecule has 0 atom stereocenters. The molecule has 0 aromatic heterocycles. The molecule has 1 rings (SSSR count). The van der Waals surface area contributed by atoms with Gasteiger partial charge in [0.15, 0.2) is 0 Å². The molecule has 0 aliphatic carbocycles. The second-order valence-corrected chi connectivity index (χ2v) is 5.33. The third kappa shape index (κ3) is 4.15. The number of aryl methyl sites for hydroxylation is 1. The first kappa shape index (κ1) is 14.7. The topological polar surface area (TPSA) is 49.3 Å². The van der Waals surface area contributed by atoms with Crippen LogP contribution in [0.4, 0.5) is 0 Å². The molecule has 1 aromatic rings. The Kier molecular flexibility index (Phi) is 5.35. The Bertz CT molecular complexity index is 399. The number of carbonyl (C=O) groups excluding carboxylic acids is 1. The molecule has 0 spiro atoms. The summed E-state index contributed by atoms with van der Waals surface area (Å²) in [7, 11) is 0. The number of benzene rings is 1. The molecule has 0 aliphatic heterocycles. The van der Waals surface area contributed by atoms with Gasteiger partial charge in [-0.15, -0.1) is 0 Å². The number of hydrogen-bond donors (Lipinski definition) is 2. The van der Waals surface area contributed by atoms with Gasteiger partial charge < -0.3 is 10.4 Å². The van der Waals surface area contributed by atoms with Gasteiger partial charge in [-0.1, -0.05) is 39.0 Å². The molecule has 0 unspecified atom stereocenters. The second kappa shape index (κ2) is 6.55. The monoisotopic (exact) mass is 249 g/mol. The van der Waals surface area contributed by atoms with Gasteiger partial charge in [0, 0.05) is 18.7 Å². The van der Waals surface area contributed by atoms with Crippen LogP contribution in [0.25, 0.3) is 0 Å². The standard InChI is InChI=1S/C15H23NO2/c1-4-12-7-5-6-8-13(12)14(18)16-11-15(2,3)9-10-17/h5-8,17H,4,9-11H2,1-3H3,(H,16,18). The summed E-state index contributed by atoms with van der Waals surface area (Å²) in [4.78, 5) is 12.1. The minimum Gasteiger partial charge on any atom is -0.396 e. The summed E-state index contributed by atoms with van der Waals surface area (Å²) in [5.41, 5.74) is 1.74. The molecule has 0 radical (unpaired) electrons. The highest BCUT2D eigenvalue weighted by atomic mass is 16.3. The smallest absolute Gasteiger partial charge is 0.251 e. The van der Waals surface area contributed by atoms with Gasteiger partial charge in [0.2, 0.25) is 0 Å². The van der Waals surface area contributed by atoms with Crippen molar-refractivity contribution in [3.63, 3.8) is 0 Å². The third-order valence-electron chi connectivity index (χ3n) is 3.16. The summed E-state index contributed by atoms with van der Waals surface area (Å²) < 4.78 is 0. The van der Waals surface area contributed by atoms with Crippen molar-refractivity contribution < 1.29 is 9.90 Å². The maximum atomic E-state index is 12.1. The van der Waals surface area contributed by atoms with E-state index >= 15 is 0 Å². The van der Waals surface area contributed by atoms with Crippen molar-refractivity contribution in [3.05, 3.63) is 35.4 Å². The van der Waals surface area contributed by atoms with E-state index < -0.39 is 0 Å². The van der Waals surface area contributed by atoms with E-state index in [1.807, 2.05) is 45.0 Å². The quantitative estimate of drug-likeness (QED) is 0.813. The minimum atomic E-state index is -0.0778. The van der Waals surface area contributed by atoms with Gasteiger partial charge in [-0.05, 0) is 29.9 Å². The summed E-state index contributed by atoms with van der Waals surface area (Å²) >= 11 is 0. The lowest BCUT2D eigenvalue weighted by Crippen LogP contribution is -2.34. The zero-order valence-corrected chi connectivity index (χ0v) is 11.5. The van der Waals surface area contributed by atoms with E-state index in [1.54, 1.807) is 0 Å². The molecular weight excluding hydrogens is 226 g/mol. The fraction of sp³-hybridized carbons (Fsp3) is 0.533. The summed E-state index contributed by atoms with van der Waals surface area (Å²) in [6.07, 6.45) is 1.53. The van der Waals surface area contributed by atoms with E-state index in [-0.39, 0.29) is 17.9 Å². The van der Waals surface area contributed by atoms with Crippen LogP contribution >= 0.6 is 0 Å². The van der Waals surface area contributed by atoms with Gasteiger partial charge in [0.05, 0.1) is 0 Å². The van der Waals surface area contributed by atoms with Gasteiger partial charge in [-0.3, -0.25) is 4.79 Å². The highest BCUT2D eigenvalue weighted by Crippen LogP contribution is 2.18. The molecule has 18 heavy (non-hydrogen) atoms. The fourth-order valence-corrected chi connectivity index (χ4v) is 1.86. The average molecular weight is 249 g/mol. The minimum absolute atomic E-state index is 0.0292. The first-order chi connectivity index (χ1) is 8.50. The van der Waals surface area contributed by atoms with E-state index in [2.05, 4.69) is 5.32 Å². The summed E-state index contributed by atoms with van der Waals surface area (Å²) in [5, 5.41) is 11.9.